The van der Waals surface area contributed by atoms with Crippen molar-refractivity contribution >= 4 is 0 Å². The monoisotopic (exact) mass is 225 g/mol. The minimum atomic E-state index is -0.437. The van der Waals surface area contributed by atoms with Crippen LogP contribution >= 0.6 is 0 Å². The lowest BCUT2D eigenvalue weighted by Gasteiger charge is -2.44. The normalized spacial score (nSPS) is 40.3. The molecule has 94 valence electrons. The van der Waals surface area contributed by atoms with Crippen molar-refractivity contribution in [3.63, 3.8) is 0 Å². The third-order valence-electron chi connectivity index (χ3n) is 4.97. The van der Waals surface area contributed by atoms with Crippen LogP contribution in [-0.4, -0.2) is 23.8 Å². The molecule has 0 radical (unpaired) electrons. The van der Waals surface area contributed by atoms with Crippen molar-refractivity contribution in [2.45, 2.75) is 58.0 Å². The van der Waals surface area contributed by atoms with Gasteiger partial charge in [-0.25, -0.2) is 0 Å². The Kier molecular flexibility index (Phi) is 3.91. The average Bonchev–Trinajstić information content (AvgIpc) is 2.31. The van der Waals surface area contributed by atoms with Gasteiger partial charge in [0.2, 0.25) is 0 Å². The maximum absolute atomic E-state index is 10.8. The molecular formula is C14H27NO. The molecule has 0 aromatic carbocycles. The van der Waals surface area contributed by atoms with Crippen LogP contribution in [0.2, 0.25) is 0 Å². The first-order chi connectivity index (χ1) is 7.60. The quantitative estimate of drug-likeness (QED) is 0.757. The lowest BCUT2D eigenvalue weighted by Crippen LogP contribution is -2.49. The minimum absolute atomic E-state index is 0.437. The third kappa shape index (κ3) is 2.60. The van der Waals surface area contributed by atoms with Crippen LogP contribution in [0.25, 0.3) is 0 Å². The first-order valence-electron chi connectivity index (χ1n) is 7.03. The Hall–Kier alpha value is -0.0800. The molecule has 0 aromatic rings. The van der Waals surface area contributed by atoms with E-state index in [1.165, 1.54) is 38.5 Å². The molecular weight excluding hydrogens is 198 g/mol. The fraction of sp³-hybridized carbons (Fsp3) is 1.00. The molecule has 0 spiro atoms. The minimum Gasteiger partial charge on any atom is -0.390 e. The predicted molar refractivity (Wildman–Crippen MR) is 67.3 cm³/mol. The Labute approximate surface area is 99.8 Å². The third-order valence-corrected chi connectivity index (χ3v) is 4.97. The molecule has 16 heavy (non-hydrogen) atoms. The second-order valence-electron chi connectivity index (χ2n) is 6.23. The molecule has 1 aliphatic carbocycles. The van der Waals surface area contributed by atoms with Gasteiger partial charge >= 0.3 is 0 Å². The summed E-state index contributed by atoms with van der Waals surface area (Å²) >= 11 is 0. The molecule has 2 N–H and O–H groups in total. The van der Waals surface area contributed by atoms with Gasteiger partial charge in [-0.2, -0.15) is 0 Å². The van der Waals surface area contributed by atoms with Crippen LogP contribution in [0.15, 0.2) is 0 Å². The SMILES string of the molecule is CC1CCC(C(C)(O)C2CCCNC2)CC1. The van der Waals surface area contributed by atoms with Gasteiger partial charge in [-0.15, -0.1) is 0 Å². The van der Waals surface area contributed by atoms with Crippen LogP contribution in [0, 0.1) is 17.8 Å². The highest BCUT2D eigenvalue weighted by Gasteiger charge is 2.40. The second kappa shape index (κ2) is 5.05. The number of hydrogen-bond acceptors (Lipinski definition) is 2. The van der Waals surface area contributed by atoms with Gasteiger partial charge in [0.25, 0.3) is 0 Å². The maximum atomic E-state index is 10.8. The molecule has 2 atom stereocenters. The summed E-state index contributed by atoms with van der Waals surface area (Å²) in [6, 6.07) is 0. The van der Waals surface area contributed by atoms with E-state index < -0.39 is 5.60 Å². The summed E-state index contributed by atoms with van der Waals surface area (Å²) in [5, 5.41) is 14.2. The Bertz CT molecular complexity index is 213. The smallest absolute Gasteiger partial charge is 0.0687 e. The highest BCUT2D eigenvalue weighted by molar-refractivity contribution is 4.93. The van der Waals surface area contributed by atoms with E-state index in [1.807, 2.05) is 0 Å². The van der Waals surface area contributed by atoms with Gasteiger partial charge in [0.15, 0.2) is 0 Å². The van der Waals surface area contributed by atoms with Crippen LogP contribution in [0.5, 0.6) is 0 Å². The van der Waals surface area contributed by atoms with E-state index in [2.05, 4.69) is 19.2 Å². The lowest BCUT2D eigenvalue weighted by atomic mass is 9.68. The van der Waals surface area contributed by atoms with Crippen LogP contribution in [-0.2, 0) is 0 Å². The molecule has 2 unspecified atom stereocenters. The predicted octanol–water partition coefficient (Wildman–Crippen LogP) is 2.56. The van der Waals surface area contributed by atoms with Crippen molar-refractivity contribution in [1.29, 1.82) is 0 Å². The lowest BCUT2D eigenvalue weighted by molar-refractivity contribution is -0.0752. The Morgan fingerprint density at radius 3 is 2.31 bits per heavy atom. The number of nitrogens with one attached hydrogen (secondary N) is 1. The maximum Gasteiger partial charge on any atom is 0.0687 e. The van der Waals surface area contributed by atoms with Gasteiger partial charge in [-0.05, 0) is 51.0 Å². The molecule has 2 fully saturated rings. The van der Waals surface area contributed by atoms with Crippen LogP contribution < -0.4 is 5.32 Å². The highest BCUT2D eigenvalue weighted by atomic mass is 16.3. The first kappa shape index (κ1) is 12.4. The fourth-order valence-corrected chi connectivity index (χ4v) is 3.53. The Balaban J connectivity index is 1.94. The summed E-state index contributed by atoms with van der Waals surface area (Å²) in [5.41, 5.74) is -0.437. The molecule has 2 rings (SSSR count). The molecule has 1 saturated carbocycles. The van der Waals surface area contributed by atoms with Crippen molar-refractivity contribution in [2.75, 3.05) is 13.1 Å². The number of piperidine rings is 1. The molecule has 1 saturated heterocycles. The van der Waals surface area contributed by atoms with Crippen LogP contribution in [0.3, 0.4) is 0 Å². The van der Waals surface area contributed by atoms with Crippen LogP contribution in [0.1, 0.15) is 52.4 Å². The van der Waals surface area contributed by atoms with E-state index >= 15 is 0 Å². The Morgan fingerprint density at radius 2 is 1.75 bits per heavy atom. The summed E-state index contributed by atoms with van der Waals surface area (Å²) < 4.78 is 0. The van der Waals surface area contributed by atoms with E-state index in [1.54, 1.807) is 0 Å². The van der Waals surface area contributed by atoms with Gasteiger partial charge in [0.1, 0.15) is 0 Å². The summed E-state index contributed by atoms with van der Waals surface area (Å²) in [5.74, 6) is 1.88. The molecule has 2 aliphatic rings. The number of hydrogen-bond donors (Lipinski definition) is 2. The summed E-state index contributed by atoms with van der Waals surface area (Å²) in [6.07, 6.45) is 7.49. The molecule has 1 heterocycles. The van der Waals surface area contributed by atoms with Gasteiger partial charge in [-0.1, -0.05) is 19.8 Å². The van der Waals surface area contributed by atoms with Crippen molar-refractivity contribution in [1.82, 2.24) is 5.32 Å². The summed E-state index contributed by atoms with van der Waals surface area (Å²) in [7, 11) is 0. The molecule has 0 bridgehead atoms. The van der Waals surface area contributed by atoms with E-state index in [-0.39, 0.29) is 0 Å². The zero-order valence-corrected chi connectivity index (χ0v) is 10.8. The Morgan fingerprint density at radius 1 is 1.06 bits per heavy atom. The van der Waals surface area contributed by atoms with E-state index in [9.17, 15) is 5.11 Å². The summed E-state index contributed by atoms with van der Waals surface area (Å²) in [6.45, 7) is 6.58. The largest absolute Gasteiger partial charge is 0.390 e. The summed E-state index contributed by atoms with van der Waals surface area (Å²) in [4.78, 5) is 0. The molecule has 0 aromatic heterocycles. The van der Waals surface area contributed by atoms with Crippen LogP contribution in [0.4, 0.5) is 0 Å². The molecule has 1 aliphatic heterocycles. The van der Waals surface area contributed by atoms with Gasteiger partial charge in [0.05, 0.1) is 5.60 Å². The zero-order chi connectivity index (χ0) is 11.6. The molecule has 2 heteroatoms. The zero-order valence-electron chi connectivity index (χ0n) is 10.8. The number of aliphatic hydroxyl groups is 1. The average molecular weight is 225 g/mol. The standard InChI is InChI=1S/C14H27NO/c1-11-5-7-12(8-6-11)14(2,16)13-4-3-9-15-10-13/h11-13,15-16H,3-10H2,1-2H3. The second-order valence-corrected chi connectivity index (χ2v) is 6.23. The van der Waals surface area contributed by atoms with Gasteiger partial charge < -0.3 is 10.4 Å². The van der Waals surface area contributed by atoms with E-state index in [4.69, 9.17) is 0 Å². The topological polar surface area (TPSA) is 32.3 Å². The van der Waals surface area contributed by atoms with Crippen molar-refractivity contribution < 1.29 is 5.11 Å². The highest BCUT2D eigenvalue weighted by Crippen LogP contribution is 2.40. The van der Waals surface area contributed by atoms with Crippen molar-refractivity contribution in [3.05, 3.63) is 0 Å². The molecule has 0 amide bonds. The van der Waals surface area contributed by atoms with E-state index in [0.717, 1.165) is 19.0 Å². The van der Waals surface area contributed by atoms with E-state index in [0.29, 0.717) is 11.8 Å². The number of rotatable bonds is 2. The van der Waals surface area contributed by atoms with Gasteiger partial charge in [-0.3, -0.25) is 0 Å². The van der Waals surface area contributed by atoms with Gasteiger partial charge in [0, 0.05) is 12.5 Å². The van der Waals surface area contributed by atoms with Crippen molar-refractivity contribution in [3.8, 4) is 0 Å². The fourth-order valence-electron chi connectivity index (χ4n) is 3.53. The van der Waals surface area contributed by atoms with Crippen molar-refractivity contribution in [2.24, 2.45) is 17.8 Å². The first-order valence-corrected chi connectivity index (χ1v) is 7.03. The molecule has 2 nitrogen and oxygen atoms in total.